The predicted octanol–water partition coefficient (Wildman–Crippen LogP) is -0.402. The first-order chi connectivity index (χ1) is 10.0. The number of aliphatic hydroxyl groups is 1. The summed E-state index contributed by atoms with van der Waals surface area (Å²) in [6, 6.07) is 7.74. The summed E-state index contributed by atoms with van der Waals surface area (Å²) in [6.07, 6.45) is 3.27. The van der Waals surface area contributed by atoms with Crippen LogP contribution in [-0.4, -0.2) is 38.1 Å². The van der Waals surface area contributed by atoms with Crippen LogP contribution in [0.1, 0.15) is 5.56 Å². The molecule has 0 fully saturated rings. The Hall–Kier alpha value is -2.23. The van der Waals surface area contributed by atoms with E-state index in [1.165, 1.54) is 0 Å². The van der Waals surface area contributed by atoms with E-state index in [9.17, 15) is 5.11 Å². The molecule has 108 valence electrons. The summed E-state index contributed by atoms with van der Waals surface area (Å²) in [4.78, 5) is 1.90. The van der Waals surface area contributed by atoms with E-state index in [0.717, 1.165) is 11.0 Å². The average Bonchev–Trinajstić information content (AvgIpc) is 2.49. The largest absolute Gasteiger partial charge is 0.441 e. The first-order valence-corrected chi connectivity index (χ1v) is 6.68. The molecule has 0 spiro atoms. The molecule has 0 radical (unpaired) electrons. The summed E-state index contributed by atoms with van der Waals surface area (Å²) in [5.74, 6) is 1.22. The van der Waals surface area contributed by atoms with Crippen molar-refractivity contribution in [2.75, 3.05) is 14.1 Å². The number of hydrogen-bond acceptors (Lipinski definition) is 5. The Morgan fingerprint density at radius 1 is 1.43 bits per heavy atom. The zero-order valence-corrected chi connectivity index (χ0v) is 12.4. The highest BCUT2D eigenvalue weighted by Crippen LogP contribution is 2.18. The van der Waals surface area contributed by atoms with Gasteiger partial charge in [0.05, 0.1) is 18.2 Å². The van der Waals surface area contributed by atoms with Crippen molar-refractivity contribution in [2.45, 2.75) is 12.8 Å². The molecule has 1 aromatic carbocycles. The molecule has 21 heavy (non-hydrogen) atoms. The number of benzene rings is 1. The van der Waals surface area contributed by atoms with Gasteiger partial charge in [-0.15, -0.1) is 0 Å². The Bertz CT molecular complexity index is 632. The van der Waals surface area contributed by atoms with E-state index < -0.39 is 0 Å². The van der Waals surface area contributed by atoms with Gasteiger partial charge in [0.2, 0.25) is 0 Å². The Labute approximate surface area is 125 Å². The Morgan fingerprint density at radius 3 is 2.81 bits per heavy atom. The first-order valence-electron chi connectivity index (χ1n) is 6.68. The Morgan fingerprint density at radius 2 is 2.19 bits per heavy atom. The number of aliphatic hydroxyl groups excluding tert-OH is 1. The van der Waals surface area contributed by atoms with Gasteiger partial charge in [-0.1, -0.05) is 11.5 Å². The second-order valence-corrected chi connectivity index (χ2v) is 5.12. The molecule has 2 rings (SSSR count). The summed E-state index contributed by atoms with van der Waals surface area (Å²) >= 11 is 0. The molecular formula is C15H18BN3O2. The monoisotopic (exact) mass is 283 g/mol. The summed E-state index contributed by atoms with van der Waals surface area (Å²) in [5, 5.41) is 21.6. The number of nitriles is 1. The lowest BCUT2D eigenvalue weighted by Gasteiger charge is -2.29. The topological polar surface area (TPSA) is 68.5 Å². The molecule has 5 nitrogen and oxygen atoms in total. The number of allylic oxidation sites excluding steroid dienone is 2. The molecule has 1 aliphatic rings. The van der Waals surface area contributed by atoms with Crippen LogP contribution in [0.4, 0.5) is 0 Å². The van der Waals surface area contributed by atoms with E-state index in [2.05, 4.69) is 11.4 Å². The molecule has 1 unspecified atom stereocenters. The number of rotatable bonds is 4. The molecule has 6 heteroatoms. The van der Waals surface area contributed by atoms with Gasteiger partial charge in [0, 0.05) is 0 Å². The summed E-state index contributed by atoms with van der Waals surface area (Å²) in [7, 11) is 5.72. The fraction of sp³-hybridized carbons (Fsp3) is 0.267. The molecule has 0 aliphatic carbocycles. The standard InChI is InChI=1S/C15H18BN3O2/c1-19(2)15-10(8-17)3-6-14(18-15)21-12-4-5-13(16)11(7-12)9-20/h3-7,15,18,20H,9,16H2,1-2H3. The molecule has 2 N–H and O–H groups in total. The van der Waals surface area contributed by atoms with Gasteiger partial charge >= 0.3 is 0 Å². The highest BCUT2D eigenvalue weighted by atomic mass is 16.5. The lowest BCUT2D eigenvalue weighted by atomic mass is 9.91. The van der Waals surface area contributed by atoms with Crippen LogP contribution in [0.25, 0.3) is 0 Å². The zero-order valence-electron chi connectivity index (χ0n) is 12.4. The second-order valence-electron chi connectivity index (χ2n) is 5.12. The maximum absolute atomic E-state index is 9.29. The van der Waals surface area contributed by atoms with E-state index in [1.54, 1.807) is 12.2 Å². The van der Waals surface area contributed by atoms with E-state index >= 15 is 0 Å². The van der Waals surface area contributed by atoms with Crippen LogP contribution in [0.15, 0.2) is 41.8 Å². The molecule has 1 aliphatic heterocycles. The average molecular weight is 283 g/mol. The van der Waals surface area contributed by atoms with Crippen LogP contribution in [0.2, 0.25) is 0 Å². The number of ether oxygens (including phenoxy) is 1. The Balaban J connectivity index is 2.19. The van der Waals surface area contributed by atoms with Crippen molar-refractivity contribution >= 4 is 13.3 Å². The van der Waals surface area contributed by atoms with Crippen molar-refractivity contribution < 1.29 is 9.84 Å². The third-order valence-electron chi connectivity index (χ3n) is 3.35. The minimum atomic E-state index is -0.210. The zero-order chi connectivity index (χ0) is 15.4. The van der Waals surface area contributed by atoms with Crippen molar-refractivity contribution in [3.8, 4) is 11.8 Å². The van der Waals surface area contributed by atoms with Crippen molar-refractivity contribution in [3.63, 3.8) is 0 Å². The minimum Gasteiger partial charge on any atom is -0.441 e. The SMILES string of the molecule is Bc1ccc(OC2=CC=C(C#N)C(N(C)C)N2)cc1CO. The third-order valence-corrected chi connectivity index (χ3v) is 3.35. The van der Waals surface area contributed by atoms with Crippen LogP contribution in [0.5, 0.6) is 5.75 Å². The van der Waals surface area contributed by atoms with Gasteiger partial charge in [0.1, 0.15) is 19.8 Å². The highest BCUT2D eigenvalue weighted by molar-refractivity contribution is 6.33. The van der Waals surface area contributed by atoms with E-state index in [-0.39, 0.29) is 12.8 Å². The second kappa shape index (κ2) is 6.48. The fourth-order valence-corrected chi connectivity index (χ4v) is 2.10. The maximum atomic E-state index is 9.29. The molecular weight excluding hydrogens is 265 g/mol. The van der Waals surface area contributed by atoms with Gasteiger partial charge in [0.25, 0.3) is 0 Å². The molecule has 0 aromatic heterocycles. The molecule has 0 saturated carbocycles. The van der Waals surface area contributed by atoms with Gasteiger partial charge in [-0.3, -0.25) is 4.90 Å². The fourth-order valence-electron chi connectivity index (χ4n) is 2.10. The smallest absolute Gasteiger partial charge is 0.194 e. The quantitative estimate of drug-likeness (QED) is 0.736. The molecule has 1 heterocycles. The summed E-state index contributed by atoms with van der Waals surface area (Å²) in [5.41, 5.74) is 2.49. The normalized spacial score (nSPS) is 17.6. The van der Waals surface area contributed by atoms with E-state index in [4.69, 9.17) is 10.00 Å². The van der Waals surface area contributed by atoms with Crippen molar-refractivity contribution in [2.24, 2.45) is 0 Å². The first kappa shape index (κ1) is 15.2. The molecule has 0 amide bonds. The number of hydrogen-bond donors (Lipinski definition) is 2. The van der Waals surface area contributed by atoms with Gasteiger partial charge < -0.3 is 15.2 Å². The molecule has 0 bridgehead atoms. The summed E-state index contributed by atoms with van der Waals surface area (Å²) < 4.78 is 5.78. The number of nitrogens with one attached hydrogen (secondary N) is 1. The van der Waals surface area contributed by atoms with E-state index in [0.29, 0.717) is 17.2 Å². The van der Waals surface area contributed by atoms with Gasteiger partial charge in [-0.2, -0.15) is 5.26 Å². The highest BCUT2D eigenvalue weighted by Gasteiger charge is 2.21. The Kier molecular flexibility index (Phi) is 4.68. The van der Waals surface area contributed by atoms with Crippen molar-refractivity contribution in [3.05, 3.63) is 47.4 Å². The third kappa shape index (κ3) is 3.46. The molecule has 1 aromatic rings. The van der Waals surface area contributed by atoms with Crippen LogP contribution < -0.4 is 15.5 Å². The van der Waals surface area contributed by atoms with Gasteiger partial charge in [-0.25, -0.2) is 0 Å². The summed E-state index contributed by atoms with van der Waals surface area (Å²) in [6.45, 7) is -0.0195. The van der Waals surface area contributed by atoms with Crippen LogP contribution >= 0.6 is 0 Å². The van der Waals surface area contributed by atoms with Crippen molar-refractivity contribution in [1.82, 2.24) is 10.2 Å². The van der Waals surface area contributed by atoms with Crippen molar-refractivity contribution in [1.29, 1.82) is 5.26 Å². The number of nitrogens with zero attached hydrogens (tertiary/aromatic N) is 2. The van der Waals surface area contributed by atoms with Gasteiger partial charge in [-0.05, 0) is 43.9 Å². The predicted molar refractivity (Wildman–Crippen MR) is 83.6 cm³/mol. The van der Waals surface area contributed by atoms with Crippen LogP contribution in [-0.2, 0) is 6.61 Å². The maximum Gasteiger partial charge on any atom is 0.194 e. The number of likely N-dealkylation sites (N-methyl/N-ethyl adjacent to an activating group) is 1. The molecule has 1 atom stereocenters. The molecule has 0 saturated heterocycles. The van der Waals surface area contributed by atoms with Crippen LogP contribution in [0.3, 0.4) is 0 Å². The van der Waals surface area contributed by atoms with Gasteiger partial charge in [0.15, 0.2) is 5.88 Å². The van der Waals surface area contributed by atoms with Crippen LogP contribution in [0, 0.1) is 11.3 Å². The lowest BCUT2D eigenvalue weighted by molar-refractivity contribution is 0.256. The minimum absolute atomic E-state index is 0.0195. The lowest BCUT2D eigenvalue weighted by Crippen LogP contribution is -2.44. The van der Waals surface area contributed by atoms with E-state index in [1.807, 2.05) is 45.0 Å². The number of dihydropyridines is 1.